The van der Waals surface area contributed by atoms with E-state index in [0.717, 1.165) is 16.6 Å². The SMILES string of the molecule is O=C(NOCc1ccc2ccccc2n1)c1ccccc1. The van der Waals surface area contributed by atoms with Crippen LogP contribution in [0.15, 0.2) is 66.7 Å². The zero-order chi connectivity index (χ0) is 14.5. The van der Waals surface area contributed by atoms with E-state index in [2.05, 4.69) is 10.5 Å². The van der Waals surface area contributed by atoms with Gasteiger partial charge in [-0.1, -0.05) is 42.5 Å². The van der Waals surface area contributed by atoms with Gasteiger partial charge in [-0.05, 0) is 24.3 Å². The predicted octanol–water partition coefficient (Wildman–Crippen LogP) is 3.10. The van der Waals surface area contributed by atoms with Crippen LogP contribution >= 0.6 is 0 Å². The Morgan fingerprint density at radius 2 is 1.71 bits per heavy atom. The summed E-state index contributed by atoms with van der Waals surface area (Å²) in [7, 11) is 0. The third-order valence-electron chi connectivity index (χ3n) is 3.08. The van der Waals surface area contributed by atoms with Crippen LogP contribution in [0.2, 0.25) is 0 Å². The largest absolute Gasteiger partial charge is 0.274 e. The van der Waals surface area contributed by atoms with Gasteiger partial charge in [0.25, 0.3) is 5.91 Å². The number of nitrogens with one attached hydrogen (secondary N) is 1. The van der Waals surface area contributed by atoms with Crippen LogP contribution < -0.4 is 5.48 Å². The number of hydroxylamine groups is 1. The van der Waals surface area contributed by atoms with E-state index in [4.69, 9.17) is 4.84 Å². The van der Waals surface area contributed by atoms with Crippen molar-refractivity contribution < 1.29 is 9.63 Å². The number of aromatic nitrogens is 1. The molecule has 1 aromatic heterocycles. The first-order valence-electron chi connectivity index (χ1n) is 6.65. The molecule has 1 heterocycles. The topological polar surface area (TPSA) is 51.2 Å². The van der Waals surface area contributed by atoms with E-state index in [-0.39, 0.29) is 12.5 Å². The van der Waals surface area contributed by atoms with Gasteiger partial charge in [0.05, 0.1) is 11.2 Å². The van der Waals surface area contributed by atoms with Crippen molar-refractivity contribution in [2.45, 2.75) is 6.61 Å². The molecular weight excluding hydrogens is 264 g/mol. The molecule has 4 heteroatoms. The Balaban J connectivity index is 1.60. The molecule has 104 valence electrons. The zero-order valence-corrected chi connectivity index (χ0v) is 11.3. The summed E-state index contributed by atoms with van der Waals surface area (Å²) in [6.45, 7) is 0.226. The minimum Gasteiger partial charge on any atom is -0.267 e. The van der Waals surface area contributed by atoms with Crippen molar-refractivity contribution >= 4 is 16.8 Å². The molecule has 0 aliphatic rings. The number of rotatable bonds is 4. The van der Waals surface area contributed by atoms with Gasteiger partial charge < -0.3 is 0 Å². The first kappa shape index (κ1) is 13.3. The molecule has 4 nitrogen and oxygen atoms in total. The van der Waals surface area contributed by atoms with Crippen molar-refractivity contribution in [3.05, 3.63) is 78.0 Å². The summed E-state index contributed by atoms with van der Waals surface area (Å²) in [5, 5.41) is 1.08. The van der Waals surface area contributed by atoms with Crippen LogP contribution in [0, 0.1) is 0 Å². The van der Waals surface area contributed by atoms with Crippen LogP contribution in [0.25, 0.3) is 10.9 Å². The number of carbonyl (C=O) groups is 1. The zero-order valence-electron chi connectivity index (χ0n) is 11.3. The van der Waals surface area contributed by atoms with E-state index in [1.165, 1.54) is 0 Å². The lowest BCUT2D eigenvalue weighted by atomic mass is 10.2. The number of hydrogen-bond donors (Lipinski definition) is 1. The Labute approximate surface area is 122 Å². The molecule has 1 amide bonds. The van der Waals surface area contributed by atoms with Gasteiger partial charge in [0.2, 0.25) is 0 Å². The minimum atomic E-state index is -0.267. The average molecular weight is 278 g/mol. The van der Waals surface area contributed by atoms with E-state index in [1.54, 1.807) is 24.3 Å². The molecule has 0 spiro atoms. The molecule has 0 atom stereocenters. The highest BCUT2D eigenvalue weighted by molar-refractivity contribution is 5.93. The van der Waals surface area contributed by atoms with Crippen molar-refractivity contribution in [3.8, 4) is 0 Å². The van der Waals surface area contributed by atoms with Crippen LogP contribution in [0.5, 0.6) is 0 Å². The van der Waals surface area contributed by atoms with E-state index in [9.17, 15) is 4.79 Å². The monoisotopic (exact) mass is 278 g/mol. The molecule has 0 bridgehead atoms. The van der Waals surface area contributed by atoms with E-state index < -0.39 is 0 Å². The maximum Gasteiger partial charge on any atom is 0.274 e. The van der Waals surface area contributed by atoms with Crippen molar-refractivity contribution in [2.24, 2.45) is 0 Å². The summed E-state index contributed by atoms with van der Waals surface area (Å²) in [4.78, 5) is 21.5. The number of pyridine rings is 1. The summed E-state index contributed by atoms with van der Waals surface area (Å²) in [6.07, 6.45) is 0. The van der Waals surface area contributed by atoms with E-state index in [1.807, 2.05) is 42.5 Å². The first-order valence-corrected chi connectivity index (χ1v) is 6.65. The molecule has 0 aliphatic carbocycles. The Morgan fingerprint density at radius 1 is 0.952 bits per heavy atom. The quantitative estimate of drug-likeness (QED) is 0.746. The van der Waals surface area contributed by atoms with Crippen molar-refractivity contribution in [1.29, 1.82) is 0 Å². The summed E-state index contributed by atoms with van der Waals surface area (Å²) >= 11 is 0. The molecule has 0 radical (unpaired) electrons. The first-order chi connectivity index (χ1) is 10.3. The molecular formula is C17H14N2O2. The van der Waals surface area contributed by atoms with E-state index in [0.29, 0.717) is 5.56 Å². The highest BCUT2D eigenvalue weighted by Crippen LogP contribution is 2.12. The number of carbonyl (C=O) groups excluding carboxylic acids is 1. The Kier molecular flexibility index (Phi) is 3.89. The maximum atomic E-state index is 11.8. The van der Waals surface area contributed by atoms with Gasteiger partial charge in [0.15, 0.2) is 0 Å². The molecule has 3 aromatic rings. The average Bonchev–Trinajstić information content (AvgIpc) is 2.55. The van der Waals surface area contributed by atoms with Crippen LogP contribution in [0.3, 0.4) is 0 Å². The summed E-state index contributed by atoms with van der Waals surface area (Å²) in [6, 6.07) is 20.7. The van der Waals surface area contributed by atoms with Gasteiger partial charge in [0.1, 0.15) is 6.61 Å². The second kappa shape index (κ2) is 6.15. The molecule has 21 heavy (non-hydrogen) atoms. The third-order valence-corrected chi connectivity index (χ3v) is 3.08. The Hall–Kier alpha value is -2.72. The lowest BCUT2D eigenvalue weighted by molar-refractivity contribution is 0.0223. The molecule has 0 unspecified atom stereocenters. The van der Waals surface area contributed by atoms with Gasteiger partial charge in [-0.15, -0.1) is 0 Å². The summed E-state index contributed by atoms with van der Waals surface area (Å²) in [5.74, 6) is -0.267. The molecule has 0 fully saturated rings. The number of amides is 1. The number of nitrogens with zero attached hydrogens (tertiary/aromatic N) is 1. The number of hydrogen-bond acceptors (Lipinski definition) is 3. The maximum absolute atomic E-state index is 11.8. The Bertz CT molecular complexity index is 757. The minimum absolute atomic E-state index is 0.226. The van der Waals surface area contributed by atoms with Gasteiger partial charge >= 0.3 is 0 Å². The fourth-order valence-corrected chi connectivity index (χ4v) is 2.01. The predicted molar refractivity (Wildman–Crippen MR) is 80.4 cm³/mol. The molecule has 0 saturated heterocycles. The van der Waals surface area contributed by atoms with Crippen molar-refractivity contribution in [1.82, 2.24) is 10.5 Å². The smallest absolute Gasteiger partial charge is 0.267 e. The molecule has 2 aromatic carbocycles. The number of para-hydroxylation sites is 1. The van der Waals surface area contributed by atoms with Crippen LogP contribution in [0.1, 0.15) is 16.1 Å². The highest BCUT2D eigenvalue weighted by atomic mass is 16.6. The standard InChI is InChI=1S/C17H14N2O2/c20-17(14-7-2-1-3-8-14)19-21-12-15-11-10-13-6-4-5-9-16(13)18-15/h1-11H,12H2,(H,19,20). The van der Waals surface area contributed by atoms with Gasteiger partial charge in [-0.25, -0.2) is 5.48 Å². The highest BCUT2D eigenvalue weighted by Gasteiger charge is 2.04. The lowest BCUT2D eigenvalue weighted by Gasteiger charge is -2.06. The third kappa shape index (κ3) is 3.24. The fourth-order valence-electron chi connectivity index (χ4n) is 2.01. The van der Waals surface area contributed by atoms with Crippen LogP contribution in [-0.4, -0.2) is 10.9 Å². The van der Waals surface area contributed by atoms with Crippen molar-refractivity contribution in [3.63, 3.8) is 0 Å². The van der Waals surface area contributed by atoms with E-state index >= 15 is 0 Å². The van der Waals surface area contributed by atoms with Crippen LogP contribution in [0.4, 0.5) is 0 Å². The van der Waals surface area contributed by atoms with Gasteiger partial charge in [-0.3, -0.25) is 14.6 Å². The fraction of sp³-hybridized carbons (Fsp3) is 0.0588. The number of benzene rings is 2. The van der Waals surface area contributed by atoms with Gasteiger partial charge in [-0.2, -0.15) is 0 Å². The second-order valence-electron chi connectivity index (χ2n) is 4.58. The normalized spacial score (nSPS) is 10.5. The Morgan fingerprint density at radius 3 is 2.57 bits per heavy atom. The van der Waals surface area contributed by atoms with Crippen LogP contribution in [-0.2, 0) is 11.4 Å². The number of fused-ring (bicyclic) bond motifs is 1. The molecule has 0 saturated carbocycles. The van der Waals surface area contributed by atoms with Gasteiger partial charge in [0, 0.05) is 10.9 Å². The summed E-state index contributed by atoms with van der Waals surface area (Å²) < 4.78 is 0. The van der Waals surface area contributed by atoms with Crippen molar-refractivity contribution in [2.75, 3.05) is 0 Å². The summed E-state index contributed by atoms with van der Waals surface area (Å²) in [5.41, 5.74) is 4.65. The molecule has 3 rings (SSSR count). The molecule has 0 aliphatic heterocycles. The second-order valence-corrected chi connectivity index (χ2v) is 4.58. The lowest BCUT2D eigenvalue weighted by Crippen LogP contribution is -2.23. The molecule has 1 N–H and O–H groups in total.